The number of methoxy groups -OCH3 is 1. The molecule has 0 spiro atoms. The molecule has 0 bridgehead atoms. The predicted molar refractivity (Wildman–Crippen MR) is 80.5 cm³/mol. The van der Waals surface area contributed by atoms with Gasteiger partial charge in [-0.25, -0.2) is 4.79 Å². The van der Waals surface area contributed by atoms with Gasteiger partial charge in [-0.05, 0) is 25.0 Å². The van der Waals surface area contributed by atoms with E-state index in [1.54, 1.807) is 30.2 Å². The minimum atomic E-state index is -0.366. The number of nitrogens with zero attached hydrogens (tertiary/aromatic N) is 1. The minimum absolute atomic E-state index is 0.282. The van der Waals surface area contributed by atoms with Crippen molar-refractivity contribution in [1.82, 2.24) is 4.90 Å². The lowest BCUT2D eigenvalue weighted by Crippen LogP contribution is -2.45. The number of anilines is 1. The van der Waals surface area contributed by atoms with Gasteiger partial charge < -0.3 is 20.7 Å². The first-order valence-corrected chi connectivity index (χ1v) is 7.08. The van der Waals surface area contributed by atoms with Crippen molar-refractivity contribution in [2.45, 2.75) is 12.8 Å². The molecule has 0 saturated carbocycles. The third kappa shape index (κ3) is 3.78. The number of piperidine rings is 1. The Bertz CT molecular complexity index is 550. The van der Waals surface area contributed by atoms with Crippen molar-refractivity contribution in [3.05, 3.63) is 23.2 Å². The molecule has 0 radical (unpaired) electrons. The number of nitrogens with two attached hydrogens (primary N) is 1. The standard InChI is InChI=1S/C14H18ClN3O3/c1-21-10-4-5-12(11(15)7-10)17-14(20)18-6-2-3-9(8-18)13(16)19/h4-5,7,9H,2-3,6,8H2,1H3,(H2,16,19)(H,17,20)/t9-/m0/s1. The first kappa shape index (κ1) is 15.4. The van der Waals surface area contributed by atoms with Gasteiger partial charge >= 0.3 is 6.03 Å². The summed E-state index contributed by atoms with van der Waals surface area (Å²) in [5.41, 5.74) is 5.81. The van der Waals surface area contributed by atoms with E-state index >= 15 is 0 Å². The number of ether oxygens (including phenoxy) is 1. The van der Waals surface area contributed by atoms with Crippen LogP contribution in [0.5, 0.6) is 5.75 Å². The second-order valence-corrected chi connectivity index (χ2v) is 5.37. The van der Waals surface area contributed by atoms with Crippen LogP contribution in [0.2, 0.25) is 5.02 Å². The third-order valence-corrected chi connectivity index (χ3v) is 3.84. The second-order valence-electron chi connectivity index (χ2n) is 4.96. The summed E-state index contributed by atoms with van der Waals surface area (Å²) in [5.74, 6) is -0.0319. The molecule has 1 saturated heterocycles. The molecule has 3 N–H and O–H groups in total. The van der Waals surface area contributed by atoms with E-state index < -0.39 is 0 Å². The predicted octanol–water partition coefficient (Wildman–Crippen LogP) is 2.08. The maximum absolute atomic E-state index is 12.2. The SMILES string of the molecule is COc1ccc(NC(=O)N2CCC[C@H](C(N)=O)C2)c(Cl)c1. The number of rotatable bonds is 3. The molecule has 3 amide bonds. The number of primary amides is 1. The number of hydrogen-bond donors (Lipinski definition) is 2. The molecule has 1 aliphatic heterocycles. The Kier molecular flexibility index (Phi) is 4.90. The van der Waals surface area contributed by atoms with Gasteiger partial charge in [0.1, 0.15) is 5.75 Å². The highest BCUT2D eigenvalue weighted by atomic mass is 35.5. The van der Waals surface area contributed by atoms with E-state index in [-0.39, 0.29) is 17.9 Å². The van der Waals surface area contributed by atoms with Gasteiger partial charge in [0.05, 0.1) is 23.7 Å². The largest absolute Gasteiger partial charge is 0.497 e. The van der Waals surface area contributed by atoms with Crippen LogP contribution in [0.4, 0.5) is 10.5 Å². The zero-order valence-electron chi connectivity index (χ0n) is 11.8. The quantitative estimate of drug-likeness (QED) is 0.896. The normalized spacial score (nSPS) is 18.2. The summed E-state index contributed by atoms with van der Waals surface area (Å²) in [6.07, 6.45) is 1.49. The first-order chi connectivity index (χ1) is 10.0. The van der Waals surface area contributed by atoms with Gasteiger partial charge in [0.15, 0.2) is 0 Å². The van der Waals surface area contributed by atoms with Gasteiger partial charge in [-0.3, -0.25) is 4.79 Å². The van der Waals surface area contributed by atoms with Gasteiger partial charge in [-0.2, -0.15) is 0 Å². The number of benzene rings is 1. The van der Waals surface area contributed by atoms with Crippen LogP contribution in [0.3, 0.4) is 0 Å². The Hall–Kier alpha value is -1.95. The molecule has 1 heterocycles. The maximum atomic E-state index is 12.2. The summed E-state index contributed by atoms with van der Waals surface area (Å²) >= 11 is 6.08. The molecule has 6 nitrogen and oxygen atoms in total. The van der Waals surface area contributed by atoms with E-state index in [0.29, 0.717) is 29.5 Å². The van der Waals surface area contributed by atoms with Crippen molar-refractivity contribution < 1.29 is 14.3 Å². The number of nitrogens with one attached hydrogen (secondary N) is 1. The van der Waals surface area contributed by atoms with Gasteiger partial charge in [-0.1, -0.05) is 11.6 Å². The van der Waals surface area contributed by atoms with Crippen molar-refractivity contribution in [3.8, 4) is 5.75 Å². The molecule has 1 aromatic carbocycles. The average Bonchev–Trinajstić information content (AvgIpc) is 2.49. The number of amides is 3. The number of carbonyl (C=O) groups excluding carboxylic acids is 2. The monoisotopic (exact) mass is 311 g/mol. The van der Waals surface area contributed by atoms with Crippen molar-refractivity contribution in [3.63, 3.8) is 0 Å². The number of halogens is 1. The van der Waals surface area contributed by atoms with Gasteiger partial charge in [-0.15, -0.1) is 0 Å². The maximum Gasteiger partial charge on any atom is 0.321 e. The van der Waals surface area contributed by atoms with Crippen molar-refractivity contribution in [2.75, 3.05) is 25.5 Å². The van der Waals surface area contributed by atoms with E-state index in [1.165, 1.54) is 0 Å². The zero-order valence-corrected chi connectivity index (χ0v) is 12.5. The summed E-state index contributed by atoms with van der Waals surface area (Å²) in [6, 6.07) is 4.73. The Morgan fingerprint density at radius 1 is 1.48 bits per heavy atom. The molecular formula is C14H18ClN3O3. The zero-order chi connectivity index (χ0) is 15.4. The molecule has 0 unspecified atom stereocenters. The molecule has 1 aromatic rings. The molecule has 2 rings (SSSR count). The second kappa shape index (κ2) is 6.67. The van der Waals surface area contributed by atoms with E-state index in [4.69, 9.17) is 22.1 Å². The highest BCUT2D eigenvalue weighted by molar-refractivity contribution is 6.33. The summed E-state index contributed by atoms with van der Waals surface area (Å²) < 4.78 is 5.05. The summed E-state index contributed by atoms with van der Waals surface area (Å²) in [4.78, 5) is 25.0. The van der Waals surface area contributed by atoms with Crippen LogP contribution in [-0.2, 0) is 4.79 Å². The smallest absolute Gasteiger partial charge is 0.321 e. The third-order valence-electron chi connectivity index (χ3n) is 3.53. The number of urea groups is 1. The van der Waals surface area contributed by atoms with E-state index in [9.17, 15) is 9.59 Å². The van der Waals surface area contributed by atoms with Gasteiger partial charge in [0, 0.05) is 19.2 Å². The highest BCUT2D eigenvalue weighted by Gasteiger charge is 2.27. The van der Waals surface area contributed by atoms with Crippen LogP contribution in [0.15, 0.2) is 18.2 Å². The summed E-state index contributed by atoms with van der Waals surface area (Å²) in [5, 5.41) is 3.13. The van der Waals surface area contributed by atoms with Crippen molar-refractivity contribution in [1.29, 1.82) is 0 Å². The molecular weight excluding hydrogens is 294 g/mol. The number of likely N-dealkylation sites (tertiary alicyclic amines) is 1. The van der Waals surface area contributed by atoms with Gasteiger partial charge in [0.2, 0.25) is 5.91 Å². The fourth-order valence-electron chi connectivity index (χ4n) is 2.31. The molecule has 0 aromatic heterocycles. The van der Waals surface area contributed by atoms with Crippen molar-refractivity contribution in [2.24, 2.45) is 11.7 Å². The number of carbonyl (C=O) groups is 2. The lowest BCUT2D eigenvalue weighted by atomic mass is 9.98. The van der Waals surface area contributed by atoms with Crippen LogP contribution in [0.1, 0.15) is 12.8 Å². The molecule has 1 atom stereocenters. The summed E-state index contributed by atoms with van der Waals surface area (Å²) in [6.45, 7) is 0.943. The van der Waals surface area contributed by atoms with Crippen LogP contribution >= 0.6 is 11.6 Å². The Morgan fingerprint density at radius 3 is 2.86 bits per heavy atom. The fraction of sp³-hybridized carbons (Fsp3) is 0.429. The van der Waals surface area contributed by atoms with Crippen LogP contribution in [-0.4, -0.2) is 37.0 Å². The molecule has 21 heavy (non-hydrogen) atoms. The minimum Gasteiger partial charge on any atom is -0.497 e. The lowest BCUT2D eigenvalue weighted by Gasteiger charge is -2.31. The molecule has 1 fully saturated rings. The molecule has 1 aliphatic rings. The highest BCUT2D eigenvalue weighted by Crippen LogP contribution is 2.27. The van der Waals surface area contributed by atoms with E-state index in [0.717, 1.165) is 12.8 Å². The Labute approximate surface area is 128 Å². The van der Waals surface area contributed by atoms with Crippen molar-refractivity contribution >= 4 is 29.2 Å². The average molecular weight is 312 g/mol. The topological polar surface area (TPSA) is 84.7 Å². The van der Waals surface area contributed by atoms with Crippen LogP contribution in [0, 0.1) is 5.92 Å². The molecule has 114 valence electrons. The Morgan fingerprint density at radius 2 is 2.24 bits per heavy atom. The van der Waals surface area contributed by atoms with Crippen LogP contribution < -0.4 is 15.8 Å². The Balaban J connectivity index is 2.02. The summed E-state index contributed by atoms with van der Waals surface area (Å²) in [7, 11) is 1.54. The fourth-order valence-corrected chi connectivity index (χ4v) is 2.53. The van der Waals surface area contributed by atoms with E-state index in [2.05, 4.69) is 5.32 Å². The molecule has 0 aliphatic carbocycles. The number of hydrogen-bond acceptors (Lipinski definition) is 3. The van der Waals surface area contributed by atoms with E-state index in [1.807, 2.05) is 0 Å². The first-order valence-electron chi connectivity index (χ1n) is 6.70. The van der Waals surface area contributed by atoms with Gasteiger partial charge in [0.25, 0.3) is 0 Å². The molecule has 7 heteroatoms. The van der Waals surface area contributed by atoms with Crippen LogP contribution in [0.25, 0.3) is 0 Å². The lowest BCUT2D eigenvalue weighted by molar-refractivity contribution is -0.123.